The maximum Gasteiger partial charge on any atom is 0.237 e. The van der Waals surface area contributed by atoms with Crippen molar-refractivity contribution in [2.75, 3.05) is 10.5 Å². The van der Waals surface area contributed by atoms with E-state index in [9.17, 15) is 8.42 Å². The summed E-state index contributed by atoms with van der Waals surface area (Å²) in [4.78, 5) is 0. The van der Waals surface area contributed by atoms with Crippen LogP contribution in [0.15, 0.2) is 34.5 Å². The van der Waals surface area contributed by atoms with E-state index < -0.39 is 10.0 Å². The Labute approximate surface area is 107 Å². The molecule has 6 nitrogen and oxygen atoms in total. The van der Waals surface area contributed by atoms with Crippen LogP contribution in [0.2, 0.25) is 0 Å². The molecule has 1 aromatic heterocycles. The molecule has 18 heavy (non-hydrogen) atoms. The summed E-state index contributed by atoms with van der Waals surface area (Å²) in [5.41, 5.74) is 6.15. The Morgan fingerprint density at radius 3 is 2.89 bits per heavy atom. The monoisotopic (exact) mass is 271 g/mol. The highest BCUT2D eigenvalue weighted by Gasteiger charge is 2.10. The minimum absolute atomic E-state index is 0.169. The highest BCUT2D eigenvalue weighted by Crippen LogP contribution is 2.09. The van der Waals surface area contributed by atoms with Gasteiger partial charge in [0.05, 0.1) is 5.75 Å². The van der Waals surface area contributed by atoms with Gasteiger partial charge in [-0.2, -0.15) is 0 Å². The van der Waals surface area contributed by atoms with Crippen LogP contribution in [0.3, 0.4) is 0 Å². The van der Waals surface area contributed by atoms with Gasteiger partial charge in [-0.25, -0.2) is 8.42 Å². The van der Waals surface area contributed by atoms with Gasteiger partial charge in [0.25, 0.3) is 0 Å². The lowest BCUT2D eigenvalue weighted by Gasteiger charge is -2.00. The Hall–Kier alpha value is -1.76. The summed E-state index contributed by atoms with van der Waals surface area (Å²) in [5.74, 6) is 0.549. The van der Waals surface area contributed by atoms with Crippen LogP contribution >= 0.6 is 0 Å². The molecular formula is C11H17N3O3S. The molecule has 7 heteroatoms. The number of nitrogens with two attached hydrogens (primary N) is 1. The molecule has 1 rings (SSSR count). The first-order valence-corrected chi connectivity index (χ1v) is 7.14. The zero-order chi connectivity index (χ0) is 13.6. The Kier molecular flexibility index (Phi) is 4.96. The summed E-state index contributed by atoms with van der Waals surface area (Å²) in [6.45, 7) is 3.63. The molecule has 100 valence electrons. The van der Waals surface area contributed by atoms with Gasteiger partial charge in [0.1, 0.15) is 5.76 Å². The Balaban J connectivity index is 2.58. The lowest BCUT2D eigenvalue weighted by molar-refractivity contribution is 0.400. The van der Waals surface area contributed by atoms with Crippen molar-refractivity contribution >= 4 is 15.8 Å². The number of hydrogen-bond donors (Lipinski definition) is 2. The lowest BCUT2D eigenvalue weighted by Crippen LogP contribution is -2.15. The number of aromatic nitrogens is 1. The zero-order valence-electron chi connectivity index (χ0n) is 10.4. The van der Waals surface area contributed by atoms with Crippen molar-refractivity contribution in [1.82, 2.24) is 5.16 Å². The van der Waals surface area contributed by atoms with Gasteiger partial charge < -0.3 is 10.3 Å². The average molecular weight is 271 g/mol. The van der Waals surface area contributed by atoms with Gasteiger partial charge in [0.15, 0.2) is 5.82 Å². The van der Waals surface area contributed by atoms with E-state index >= 15 is 0 Å². The fraction of sp³-hybridized carbons (Fsp3) is 0.364. The van der Waals surface area contributed by atoms with Crippen LogP contribution < -0.4 is 10.5 Å². The summed E-state index contributed by atoms with van der Waals surface area (Å²) in [5, 5.41) is 3.55. The van der Waals surface area contributed by atoms with Gasteiger partial charge in [0, 0.05) is 11.8 Å². The van der Waals surface area contributed by atoms with E-state index in [1.165, 1.54) is 12.1 Å². The molecule has 1 heterocycles. The van der Waals surface area contributed by atoms with Crippen LogP contribution in [0.4, 0.5) is 5.82 Å². The molecule has 1 aromatic rings. The molecule has 0 fully saturated rings. The van der Waals surface area contributed by atoms with E-state index in [2.05, 4.69) is 9.88 Å². The predicted molar refractivity (Wildman–Crippen MR) is 70.4 cm³/mol. The van der Waals surface area contributed by atoms with Gasteiger partial charge in [0.2, 0.25) is 10.0 Å². The number of hydrogen-bond acceptors (Lipinski definition) is 5. The Morgan fingerprint density at radius 2 is 2.33 bits per heavy atom. The quantitative estimate of drug-likeness (QED) is 0.765. The largest absolute Gasteiger partial charge is 0.399 e. The number of nitrogens with zero attached hydrogens (tertiary/aromatic N) is 1. The molecular weight excluding hydrogens is 254 g/mol. The first kappa shape index (κ1) is 14.3. The van der Waals surface area contributed by atoms with Crippen LogP contribution in [-0.2, 0) is 10.0 Å². The maximum absolute atomic E-state index is 11.6. The predicted octanol–water partition coefficient (Wildman–Crippen LogP) is 1.53. The zero-order valence-corrected chi connectivity index (χ0v) is 11.2. The Morgan fingerprint density at radius 1 is 1.61 bits per heavy atom. The molecule has 0 saturated heterocycles. The molecule has 0 aromatic carbocycles. The molecule has 0 spiro atoms. The van der Waals surface area contributed by atoms with Crippen molar-refractivity contribution in [1.29, 1.82) is 0 Å². The third-order valence-electron chi connectivity index (χ3n) is 1.95. The van der Waals surface area contributed by atoms with Gasteiger partial charge in [-0.1, -0.05) is 24.2 Å². The minimum Gasteiger partial charge on any atom is -0.399 e. The second kappa shape index (κ2) is 6.25. The number of anilines is 1. The molecule has 0 aliphatic rings. The highest BCUT2D eigenvalue weighted by molar-refractivity contribution is 7.92. The van der Waals surface area contributed by atoms with Crippen LogP contribution in [0, 0.1) is 6.92 Å². The molecule has 0 atom stereocenters. The third kappa shape index (κ3) is 5.05. The average Bonchev–Trinajstić information content (AvgIpc) is 2.63. The van der Waals surface area contributed by atoms with Gasteiger partial charge in [-0.05, 0) is 19.4 Å². The summed E-state index contributed by atoms with van der Waals surface area (Å²) >= 11 is 0. The fourth-order valence-corrected chi connectivity index (χ4v) is 2.08. The van der Waals surface area contributed by atoms with Crippen molar-refractivity contribution in [2.24, 2.45) is 5.73 Å². The summed E-state index contributed by atoms with van der Waals surface area (Å²) < 4.78 is 30.4. The summed E-state index contributed by atoms with van der Waals surface area (Å²) in [6.07, 6.45) is 5.66. The van der Waals surface area contributed by atoms with Crippen molar-refractivity contribution in [2.45, 2.75) is 20.3 Å². The van der Waals surface area contributed by atoms with Gasteiger partial charge in [-0.15, -0.1) is 0 Å². The van der Waals surface area contributed by atoms with Crippen LogP contribution in [-0.4, -0.2) is 19.3 Å². The molecule has 0 radical (unpaired) electrons. The van der Waals surface area contributed by atoms with Crippen LogP contribution in [0.25, 0.3) is 0 Å². The number of sulfonamides is 1. The van der Waals surface area contributed by atoms with Crippen molar-refractivity contribution in [3.63, 3.8) is 0 Å². The minimum atomic E-state index is -3.47. The second-order valence-electron chi connectivity index (χ2n) is 3.72. The normalized spacial score (nSPS) is 13.1. The molecule has 3 N–H and O–H groups in total. The summed E-state index contributed by atoms with van der Waals surface area (Å²) in [7, 11) is -3.47. The topological polar surface area (TPSA) is 98.2 Å². The first-order valence-electron chi connectivity index (χ1n) is 5.49. The highest BCUT2D eigenvalue weighted by atomic mass is 32.2. The molecule has 0 aliphatic carbocycles. The third-order valence-corrected chi connectivity index (χ3v) is 3.11. The van der Waals surface area contributed by atoms with Crippen LogP contribution in [0.5, 0.6) is 0 Å². The van der Waals surface area contributed by atoms with E-state index in [0.717, 1.165) is 6.42 Å². The second-order valence-corrected chi connectivity index (χ2v) is 5.49. The van der Waals surface area contributed by atoms with E-state index in [1.807, 2.05) is 6.92 Å². The van der Waals surface area contributed by atoms with Gasteiger partial charge >= 0.3 is 0 Å². The molecule has 0 amide bonds. The fourth-order valence-electron chi connectivity index (χ4n) is 1.23. The van der Waals surface area contributed by atoms with Gasteiger partial charge in [-0.3, -0.25) is 4.72 Å². The van der Waals surface area contributed by atoms with Crippen molar-refractivity contribution in [3.8, 4) is 0 Å². The van der Waals surface area contributed by atoms with E-state index in [4.69, 9.17) is 10.3 Å². The Bertz CT molecular complexity index is 544. The molecule has 0 aliphatic heterocycles. The lowest BCUT2D eigenvalue weighted by atomic mass is 10.3. The van der Waals surface area contributed by atoms with Crippen LogP contribution in [0.1, 0.15) is 19.1 Å². The van der Waals surface area contributed by atoms with Crippen molar-refractivity contribution < 1.29 is 12.9 Å². The number of rotatable bonds is 6. The first-order chi connectivity index (χ1) is 8.43. The molecule has 0 saturated carbocycles. The number of aryl methyl sites for hydroxylation is 1. The standard InChI is InChI=1S/C11H17N3O3S/c1-3-5-10(12)6-4-7-18(15,16)14-11-8-9(2)17-13-11/h4-6,8H,3,7,12H2,1-2H3,(H,13,14)/b6-4-,10-5+. The van der Waals surface area contributed by atoms with E-state index in [-0.39, 0.29) is 11.6 Å². The molecule has 0 bridgehead atoms. The maximum atomic E-state index is 11.6. The van der Waals surface area contributed by atoms with Crippen molar-refractivity contribution in [3.05, 3.63) is 35.8 Å². The van der Waals surface area contributed by atoms with E-state index in [0.29, 0.717) is 11.5 Å². The SMILES string of the molecule is CC/C=C(N)\C=C/CS(=O)(=O)Nc1cc(C)on1. The number of nitrogens with one attached hydrogen (secondary N) is 1. The summed E-state index contributed by atoms with van der Waals surface area (Å²) in [6, 6.07) is 1.51. The molecule has 0 unspecified atom stereocenters. The smallest absolute Gasteiger partial charge is 0.237 e. The number of allylic oxidation sites excluding steroid dienone is 2. The van der Waals surface area contributed by atoms with E-state index in [1.54, 1.807) is 19.1 Å².